The molecule has 0 N–H and O–H groups in total. The molecule has 3 nitrogen and oxygen atoms in total. The lowest BCUT2D eigenvalue weighted by molar-refractivity contribution is 0.0807. The molecule has 0 saturated heterocycles. The highest BCUT2D eigenvalue weighted by molar-refractivity contribution is 6.68. The molecule has 0 aromatic carbocycles. The average Bonchev–Trinajstić information content (AvgIpc) is 2.17. The Bertz CT molecular complexity index is 163. The average molecular weight is 218 g/mol. The van der Waals surface area contributed by atoms with Gasteiger partial charge in [-0.1, -0.05) is 6.08 Å². The maximum absolute atomic E-state index is 5.69. The van der Waals surface area contributed by atoms with E-state index >= 15 is 0 Å². The van der Waals surface area contributed by atoms with Crippen LogP contribution in [0.4, 0.5) is 0 Å². The van der Waals surface area contributed by atoms with E-state index in [-0.39, 0.29) is 0 Å². The van der Waals surface area contributed by atoms with E-state index < -0.39 is 8.80 Å². The van der Waals surface area contributed by atoms with Crippen molar-refractivity contribution in [1.82, 2.24) is 0 Å². The van der Waals surface area contributed by atoms with E-state index in [1.807, 2.05) is 40.7 Å². The number of hydrogen-bond acceptors (Lipinski definition) is 3. The molecule has 0 atom stereocenters. The Hall–Kier alpha value is -0.163. The van der Waals surface area contributed by atoms with Crippen LogP contribution < -0.4 is 0 Å². The van der Waals surface area contributed by atoms with Crippen molar-refractivity contribution in [2.45, 2.75) is 34.6 Å². The molecular weight excluding hydrogens is 196 g/mol. The summed E-state index contributed by atoms with van der Waals surface area (Å²) in [5.41, 5.74) is 0. The third-order valence-electron chi connectivity index (χ3n) is 1.92. The first-order valence-corrected chi connectivity index (χ1v) is 6.94. The van der Waals surface area contributed by atoms with Crippen molar-refractivity contribution in [3.05, 3.63) is 11.3 Å². The van der Waals surface area contributed by atoms with Crippen molar-refractivity contribution in [2.75, 3.05) is 19.8 Å². The smallest absolute Gasteiger partial charge is 0.371 e. The third kappa shape index (κ3) is 3.53. The van der Waals surface area contributed by atoms with Crippen molar-refractivity contribution >= 4 is 8.80 Å². The van der Waals surface area contributed by atoms with Gasteiger partial charge in [0.05, 0.1) is 0 Å². The summed E-state index contributed by atoms with van der Waals surface area (Å²) in [5, 5.41) is 1.09. The fourth-order valence-corrected chi connectivity index (χ4v) is 3.64. The highest BCUT2D eigenvalue weighted by Gasteiger charge is 2.42. The molecule has 0 fully saturated rings. The number of allylic oxidation sites excluding steroid dienone is 2. The predicted molar refractivity (Wildman–Crippen MR) is 60.1 cm³/mol. The predicted octanol–water partition coefficient (Wildman–Crippen LogP) is 2.54. The summed E-state index contributed by atoms with van der Waals surface area (Å²) in [4.78, 5) is 0. The van der Waals surface area contributed by atoms with Crippen molar-refractivity contribution in [3.63, 3.8) is 0 Å². The second-order valence-electron chi connectivity index (χ2n) is 2.83. The van der Waals surface area contributed by atoms with Crippen molar-refractivity contribution in [3.8, 4) is 0 Å². The summed E-state index contributed by atoms with van der Waals surface area (Å²) in [7, 11) is -2.54. The zero-order valence-electron chi connectivity index (χ0n) is 9.92. The second-order valence-corrected chi connectivity index (χ2v) is 5.59. The standard InChI is InChI=1S/C10H22O3Si/c1-6-10(5)14(11-7-2,12-8-3)13-9-4/h6H,7-9H2,1-5H3. The summed E-state index contributed by atoms with van der Waals surface area (Å²) in [5.74, 6) is 0. The zero-order valence-corrected chi connectivity index (χ0v) is 10.9. The molecular formula is C10H22O3Si. The lowest BCUT2D eigenvalue weighted by Gasteiger charge is -2.28. The Morgan fingerprint density at radius 2 is 1.36 bits per heavy atom. The first-order valence-electron chi connectivity index (χ1n) is 5.22. The van der Waals surface area contributed by atoms with Gasteiger partial charge in [0.15, 0.2) is 0 Å². The molecule has 0 radical (unpaired) electrons. The van der Waals surface area contributed by atoms with E-state index in [0.29, 0.717) is 19.8 Å². The van der Waals surface area contributed by atoms with Gasteiger partial charge in [-0.25, -0.2) is 0 Å². The van der Waals surface area contributed by atoms with Crippen LogP contribution in [-0.4, -0.2) is 28.6 Å². The molecule has 0 amide bonds. The maximum atomic E-state index is 5.69. The molecule has 0 bridgehead atoms. The topological polar surface area (TPSA) is 27.7 Å². The van der Waals surface area contributed by atoms with Gasteiger partial charge in [-0.15, -0.1) is 0 Å². The van der Waals surface area contributed by atoms with Crippen molar-refractivity contribution in [2.24, 2.45) is 0 Å². The van der Waals surface area contributed by atoms with E-state index in [0.717, 1.165) is 5.20 Å². The normalized spacial score (nSPS) is 13.4. The van der Waals surface area contributed by atoms with Crippen LogP contribution in [0.15, 0.2) is 11.3 Å². The fourth-order valence-electron chi connectivity index (χ4n) is 1.21. The summed E-state index contributed by atoms with van der Waals surface area (Å²) < 4.78 is 17.1. The van der Waals surface area contributed by atoms with E-state index in [2.05, 4.69) is 0 Å². The monoisotopic (exact) mass is 218 g/mol. The highest BCUT2D eigenvalue weighted by atomic mass is 28.4. The van der Waals surface area contributed by atoms with Crippen molar-refractivity contribution in [1.29, 1.82) is 0 Å². The van der Waals surface area contributed by atoms with Crippen LogP contribution >= 0.6 is 0 Å². The van der Waals surface area contributed by atoms with Crippen LogP contribution in [0.5, 0.6) is 0 Å². The third-order valence-corrected chi connectivity index (χ3v) is 5.18. The Kier molecular flexibility index (Phi) is 7.09. The minimum absolute atomic E-state index is 0.622. The van der Waals surface area contributed by atoms with Crippen LogP contribution in [0.25, 0.3) is 0 Å². The molecule has 0 aliphatic heterocycles. The first kappa shape index (κ1) is 13.8. The minimum Gasteiger partial charge on any atom is -0.371 e. The van der Waals surface area contributed by atoms with E-state index in [9.17, 15) is 0 Å². The summed E-state index contributed by atoms with van der Waals surface area (Å²) >= 11 is 0. The summed E-state index contributed by atoms with van der Waals surface area (Å²) in [6.07, 6.45) is 2.01. The molecule has 0 unspecified atom stereocenters. The fraction of sp³-hybridized carbons (Fsp3) is 0.800. The molecule has 0 aromatic rings. The quantitative estimate of drug-likeness (QED) is 0.615. The highest BCUT2D eigenvalue weighted by Crippen LogP contribution is 2.19. The van der Waals surface area contributed by atoms with Gasteiger partial charge in [-0.3, -0.25) is 0 Å². The second kappa shape index (κ2) is 7.17. The molecule has 4 heteroatoms. The largest absolute Gasteiger partial charge is 0.532 e. The van der Waals surface area contributed by atoms with Crippen LogP contribution in [0, 0.1) is 0 Å². The van der Waals surface area contributed by atoms with Gasteiger partial charge in [-0.2, -0.15) is 0 Å². The van der Waals surface area contributed by atoms with Gasteiger partial charge in [-0.05, 0) is 39.8 Å². The summed E-state index contributed by atoms with van der Waals surface area (Å²) in [6.45, 7) is 11.7. The van der Waals surface area contributed by atoms with E-state index in [1.54, 1.807) is 0 Å². The van der Waals surface area contributed by atoms with Crippen LogP contribution in [0.3, 0.4) is 0 Å². The molecule has 0 saturated carbocycles. The van der Waals surface area contributed by atoms with Crippen LogP contribution in [0.2, 0.25) is 0 Å². The van der Waals surface area contributed by atoms with Crippen molar-refractivity contribution < 1.29 is 13.3 Å². The van der Waals surface area contributed by atoms with Gasteiger partial charge < -0.3 is 13.3 Å². The maximum Gasteiger partial charge on any atom is 0.532 e. The van der Waals surface area contributed by atoms with Gasteiger partial charge in [0.2, 0.25) is 0 Å². The molecule has 0 heterocycles. The van der Waals surface area contributed by atoms with E-state index in [1.165, 1.54) is 0 Å². The molecule has 84 valence electrons. The van der Waals surface area contributed by atoms with Gasteiger partial charge in [0.25, 0.3) is 0 Å². The molecule has 14 heavy (non-hydrogen) atoms. The van der Waals surface area contributed by atoms with Gasteiger partial charge in [0.1, 0.15) is 0 Å². The molecule has 0 rings (SSSR count). The first-order chi connectivity index (χ1) is 6.66. The SMILES string of the molecule is CC=C(C)[Si](OCC)(OCC)OCC. The minimum atomic E-state index is -2.54. The number of hydrogen-bond donors (Lipinski definition) is 0. The molecule has 0 spiro atoms. The zero-order chi connectivity index (χ0) is 11.0. The van der Waals surface area contributed by atoms with E-state index in [4.69, 9.17) is 13.3 Å². The van der Waals surface area contributed by atoms with Crippen LogP contribution in [0.1, 0.15) is 34.6 Å². The Labute approximate surface area is 88.4 Å². The summed E-state index contributed by atoms with van der Waals surface area (Å²) in [6, 6.07) is 0. The lowest BCUT2D eigenvalue weighted by Crippen LogP contribution is -2.47. The lowest BCUT2D eigenvalue weighted by atomic mass is 10.6. The van der Waals surface area contributed by atoms with Crippen LogP contribution in [-0.2, 0) is 13.3 Å². The molecule has 0 aliphatic rings. The Morgan fingerprint density at radius 1 is 1.00 bits per heavy atom. The Balaban J connectivity index is 4.72. The number of rotatable bonds is 7. The molecule has 0 aliphatic carbocycles. The Morgan fingerprint density at radius 3 is 1.57 bits per heavy atom. The van der Waals surface area contributed by atoms with Gasteiger partial charge in [0, 0.05) is 19.8 Å². The molecule has 0 aromatic heterocycles. The van der Waals surface area contributed by atoms with Gasteiger partial charge >= 0.3 is 8.80 Å².